The number of nitrogens with zero attached hydrogens (tertiary/aromatic N) is 1. The van der Waals surface area contributed by atoms with Gasteiger partial charge in [0.15, 0.2) is 5.58 Å². The number of hydrogen-bond donors (Lipinski definition) is 2. The van der Waals surface area contributed by atoms with Crippen molar-refractivity contribution in [3.8, 4) is 0 Å². The minimum absolute atomic E-state index is 0.0792. The molecular weight excluding hydrogens is 418 g/mol. The van der Waals surface area contributed by atoms with Crippen LogP contribution in [0.2, 0.25) is 0 Å². The Morgan fingerprint density at radius 1 is 1.13 bits per heavy atom. The quantitative estimate of drug-likeness (QED) is 0.554. The molecule has 166 valence electrons. The minimum atomic E-state index is -4.03. The van der Waals surface area contributed by atoms with Gasteiger partial charge in [-0.1, -0.05) is 32.9 Å². The average Bonchev–Trinajstić information content (AvgIpc) is 3.00. The highest BCUT2D eigenvalue weighted by Crippen LogP contribution is 2.20. The first-order valence-electron chi connectivity index (χ1n) is 10.1. The summed E-state index contributed by atoms with van der Waals surface area (Å²) in [6.07, 6.45) is 1.21. The van der Waals surface area contributed by atoms with Crippen molar-refractivity contribution in [2.24, 2.45) is 13.0 Å². The molecule has 1 atom stereocenters. The van der Waals surface area contributed by atoms with E-state index in [4.69, 9.17) is 4.42 Å². The number of aromatic nitrogens is 1. The molecule has 0 aliphatic heterocycles. The van der Waals surface area contributed by atoms with Crippen LogP contribution in [0.4, 0.5) is 5.69 Å². The summed E-state index contributed by atoms with van der Waals surface area (Å²) in [6.45, 7) is 5.86. The molecule has 2 N–H and O–H groups in total. The molecule has 1 unspecified atom stereocenters. The molecule has 0 radical (unpaired) electrons. The molecule has 1 heterocycles. The third kappa shape index (κ3) is 5.23. The molecule has 8 nitrogen and oxygen atoms in total. The summed E-state index contributed by atoms with van der Waals surface area (Å²) in [7, 11) is -2.49. The third-order valence-corrected chi connectivity index (χ3v) is 6.49. The second kappa shape index (κ2) is 9.07. The van der Waals surface area contributed by atoms with Gasteiger partial charge in [0.2, 0.25) is 15.9 Å². The summed E-state index contributed by atoms with van der Waals surface area (Å²) in [5.74, 6) is -0.937. The van der Waals surface area contributed by atoms with E-state index in [1.54, 1.807) is 12.1 Å². The predicted molar refractivity (Wildman–Crippen MR) is 119 cm³/mol. The topological polar surface area (TPSA) is 110 Å². The van der Waals surface area contributed by atoms with Crippen LogP contribution in [0.3, 0.4) is 0 Å². The van der Waals surface area contributed by atoms with E-state index in [2.05, 4.69) is 10.0 Å². The Labute approximate surface area is 181 Å². The first-order valence-corrected chi connectivity index (χ1v) is 11.6. The normalized spacial score (nSPS) is 12.9. The van der Waals surface area contributed by atoms with Crippen LogP contribution in [0, 0.1) is 5.92 Å². The molecular formula is C22H27N3O5S. The highest BCUT2D eigenvalue weighted by molar-refractivity contribution is 7.89. The predicted octanol–water partition coefficient (Wildman–Crippen LogP) is 3.03. The van der Waals surface area contributed by atoms with Gasteiger partial charge in [0.1, 0.15) is 6.04 Å². The van der Waals surface area contributed by atoms with Crippen molar-refractivity contribution in [2.75, 3.05) is 5.32 Å². The summed E-state index contributed by atoms with van der Waals surface area (Å²) >= 11 is 0. The monoisotopic (exact) mass is 445 g/mol. The lowest BCUT2D eigenvalue weighted by molar-refractivity contribution is -0.118. The summed E-state index contributed by atoms with van der Waals surface area (Å²) < 4.78 is 34.8. The molecule has 0 bridgehead atoms. The maximum absolute atomic E-state index is 13.0. The highest BCUT2D eigenvalue weighted by atomic mass is 32.2. The number of amides is 1. The zero-order valence-corrected chi connectivity index (χ0v) is 18.8. The molecule has 9 heteroatoms. The maximum Gasteiger partial charge on any atom is 0.419 e. The number of nitrogens with one attached hydrogen (secondary N) is 2. The van der Waals surface area contributed by atoms with Crippen LogP contribution < -0.4 is 15.8 Å². The average molecular weight is 446 g/mol. The Morgan fingerprint density at radius 2 is 1.81 bits per heavy atom. The highest BCUT2D eigenvalue weighted by Gasteiger charge is 2.27. The van der Waals surface area contributed by atoms with E-state index in [-0.39, 0.29) is 16.4 Å². The van der Waals surface area contributed by atoms with Crippen molar-refractivity contribution in [3.05, 3.63) is 58.6 Å². The number of oxazole rings is 1. The Kier molecular flexibility index (Phi) is 6.66. The van der Waals surface area contributed by atoms with E-state index >= 15 is 0 Å². The van der Waals surface area contributed by atoms with Gasteiger partial charge >= 0.3 is 5.76 Å². The number of aryl methyl sites for hydroxylation is 2. The summed E-state index contributed by atoms with van der Waals surface area (Å²) in [5, 5.41) is 2.78. The van der Waals surface area contributed by atoms with Crippen molar-refractivity contribution in [3.63, 3.8) is 0 Å². The van der Waals surface area contributed by atoms with Gasteiger partial charge in [0, 0.05) is 18.8 Å². The van der Waals surface area contributed by atoms with Gasteiger partial charge in [-0.25, -0.2) is 13.2 Å². The van der Waals surface area contributed by atoms with Crippen molar-refractivity contribution in [2.45, 2.75) is 44.6 Å². The number of carbonyl (C=O) groups excluding carboxylic acids is 1. The number of hydrogen-bond acceptors (Lipinski definition) is 5. The van der Waals surface area contributed by atoms with Crippen LogP contribution in [0.25, 0.3) is 11.1 Å². The molecule has 0 aliphatic rings. The minimum Gasteiger partial charge on any atom is -0.408 e. The summed E-state index contributed by atoms with van der Waals surface area (Å²) in [5.41, 5.74) is 2.38. The second-order valence-corrected chi connectivity index (χ2v) is 9.61. The fourth-order valence-corrected chi connectivity index (χ4v) is 4.49. The lowest BCUT2D eigenvalue weighted by Gasteiger charge is -2.20. The number of sulfonamides is 1. The Hall–Kier alpha value is -2.91. The van der Waals surface area contributed by atoms with Gasteiger partial charge in [0.25, 0.3) is 0 Å². The van der Waals surface area contributed by atoms with Gasteiger partial charge in [-0.05, 0) is 48.6 Å². The molecule has 3 rings (SSSR count). The van der Waals surface area contributed by atoms with E-state index in [0.717, 1.165) is 12.0 Å². The molecule has 1 amide bonds. The Balaban J connectivity index is 1.84. The van der Waals surface area contributed by atoms with Crippen molar-refractivity contribution in [1.82, 2.24) is 9.29 Å². The van der Waals surface area contributed by atoms with E-state index < -0.39 is 27.7 Å². The molecule has 0 aliphatic carbocycles. The van der Waals surface area contributed by atoms with E-state index in [1.807, 2.05) is 32.9 Å². The van der Waals surface area contributed by atoms with Crippen LogP contribution in [0.15, 0.2) is 56.6 Å². The zero-order valence-electron chi connectivity index (χ0n) is 18.0. The second-order valence-electron chi connectivity index (χ2n) is 7.90. The number of rotatable bonds is 8. The molecule has 0 spiro atoms. The number of benzene rings is 2. The van der Waals surface area contributed by atoms with Gasteiger partial charge in [-0.15, -0.1) is 0 Å². The van der Waals surface area contributed by atoms with Gasteiger partial charge in [-0.3, -0.25) is 9.36 Å². The zero-order chi connectivity index (χ0) is 22.8. The fraction of sp³-hybridized carbons (Fsp3) is 0.364. The molecule has 3 aromatic rings. The van der Waals surface area contributed by atoms with Crippen LogP contribution in [0.5, 0.6) is 0 Å². The first kappa shape index (κ1) is 22.8. The van der Waals surface area contributed by atoms with E-state index in [1.165, 1.54) is 29.8 Å². The Morgan fingerprint density at radius 3 is 2.42 bits per heavy atom. The van der Waals surface area contributed by atoms with E-state index in [0.29, 0.717) is 17.6 Å². The standard InChI is InChI=1S/C22H27N3O5S/c1-5-15-6-8-16(9-7-15)23-21(26)18(12-14(2)3)24-31(28,29)17-10-11-19-20(13-17)30-22(27)25(19)4/h6-11,13-14,18,24H,5,12H2,1-4H3,(H,23,26). The lowest BCUT2D eigenvalue weighted by atomic mass is 10.0. The SMILES string of the molecule is CCc1ccc(NC(=O)C(CC(C)C)NS(=O)(=O)c2ccc3c(c2)oc(=O)n3C)cc1. The van der Waals surface area contributed by atoms with Gasteiger partial charge in [0.05, 0.1) is 10.4 Å². The number of carbonyl (C=O) groups is 1. The van der Waals surface area contributed by atoms with Gasteiger partial charge < -0.3 is 9.73 Å². The summed E-state index contributed by atoms with van der Waals surface area (Å²) in [4.78, 5) is 24.5. The third-order valence-electron chi connectivity index (χ3n) is 5.02. The Bertz CT molecular complexity index is 1240. The van der Waals surface area contributed by atoms with Crippen LogP contribution >= 0.6 is 0 Å². The largest absolute Gasteiger partial charge is 0.419 e. The van der Waals surface area contributed by atoms with Crippen molar-refractivity contribution < 1.29 is 17.6 Å². The molecule has 31 heavy (non-hydrogen) atoms. The molecule has 1 aromatic heterocycles. The lowest BCUT2D eigenvalue weighted by Crippen LogP contribution is -2.44. The van der Waals surface area contributed by atoms with Crippen LogP contribution in [-0.4, -0.2) is 24.9 Å². The van der Waals surface area contributed by atoms with E-state index in [9.17, 15) is 18.0 Å². The van der Waals surface area contributed by atoms with Crippen LogP contribution in [0.1, 0.15) is 32.8 Å². The van der Waals surface area contributed by atoms with Gasteiger partial charge in [-0.2, -0.15) is 4.72 Å². The maximum atomic E-state index is 13.0. The van der Waals surface area contributed by atoms with Crippen molar-refractivity contribution >= 4 is 32.7 Å². The fourth-order valence-electron chi connectivity index (χ4n) is 3.27. The molecule has 0 saturated heterocycles. The number of anilines is 1. The summed E-state index contributed by atoms with van der Waals surface area (Å²) in [6, 6.07) is 10.6. The molecule has 0 saturated carbocycles. The molecule has 2 aromatic carbocycles. The first-order chi connectivity index (χ1) is 14.6. The smallest absolute Gasteiger partial charge is 0.408 e. The van der Waals surface area contributed by atoms with Crippen molar-refractivity contribution in [1.29, 1.82) is 0 Å². The number of fused-ring (bicyclic) bond motifs is 1. The molecule has 0 fully saturated rings. The van der Waals surface area contributed by atoms with Crippen LogP contribution in [-0.2, 0) is 28.3 Å².